The molecule has 0 rings (SSSR count). The summed E-state index contributed by atoms with van der Waals surface area (Å²) in [5.74, 6) is 0.138. The minimum absolute atomic E-state index is 0.138. The molecule has 0 fully saturated rings. The highest BCUT2D eigenvalue weighted by Crippen LogP contribution is 2.21. The van der Waals surface area contributed by atoms with Gasteiger partial charge in [0.05, 0.1) is 0 Å². The second kappa shape index (κ2) is 5.54. The van der Waals surface area contributed by atoms with E-state index < -0.39 is 7.15 Å². The van der Waals surface area contributed by atoms with Crippen LogP contribution in [0.3, 0.4) is 0 Å². The first-order valence-electron chi connectivity index (χ1n) is 2.87. The van der Waals surface area contributed by atoms with E-state index in [1.54, 1.807) is 12.1 Å². The molecule has 7 heteroatoms. The fourth-order valence-corrected chi connectivity index (χ4v) is 1.29. The van der Waals surface area contributed by atoms with Crippen molar-refractivity contribution >= 4 is 19.4 Å². The van der Waals surface area contributed by atoms with E-state index in [1.807, 2.05) is 0 Å². The molecule has 1 atom stereocenters. The minimum Gasteiger partial charge on any atom is -0.373 e. The largest absolute Gasteiger partial charge is 0.373 e. The first-order chi connectivity index (χ1) is 5.65. The number of hydrogen-bond acceptors (Lipinski definition) is 4. The van der Waals surface area contributed by atoms with Crippen LogP contribution in [0.4, 0.5) is 0 Å². The summed E-state index contributed by atoms with van der Waals surface area (Å²) in [4.78, 5) is 0. The van der Waals surface area contributed by atoms with Crippen LogP contribution in [-0.2, 0) is 4.57 Å². The first-order valence-corrected chi connectivity index (χ1v) is 5.57. The SMILES string of the molecule is CNC(N[PH](=O)S)=C(C#N)C#N. The monoisotopic (exact) mass is 202 g/mol. The Morgan fingerprint density at radius 3 is 2.25 bits per heavy atom. The molecule has 0 heterocycles. The molecule has 0 aliphatic carbocycles. The van der Waals surface area contributed by atoms with Crippen molar-refractivity contribution in [3.05, 3.63) is 11.4 Å². The Morgan fingerprint density at radius 2 is 2.00 bits per heavy atom. The van der Waals surface area contributed by atoms with Gasteiger partial charge in [0.1, 0.15) is 18.0 Å². The van der Waals surface area contributed by atoms with Gasteiger partial charge in [0.25, 0.3) is 0 Å². The van der Waals surface area contributed by atoms with Gasteiger partial charge in [0.2, 0.25) is 7.15 Å². The zero-order valence-corrected chi connectivity index (χ0v) is 8.14. The van der Waals surface area contributed by atoms with E-state index in [0.29, 0.717) is 0 Å². The molecule has 0 bridgehead atoms. The summed E-state index contributed by atoms with van der Waals surface area (Å²) in [5, 5.41) is 21.7. The van der Waals surface area contributed by atoms with Crippen molar-refractivity contribution in [2.75, 3.05) is 7.05 Å². The highest BCUT2D eigenvalue weighted by atomic mass is 32.7. The highest BCUT2D eigenvalue weighted by molar-refractivity contribution is 8.40. The number of thiol groups is 1. The first kappa shape index (κ1) is 10.9. The molecule has 0 aliphatic heterocycles. The second-order valence-electron chi connectivity index (χ2n) is 1.65. The number of hydrogen-bond donors (Lipinski definition) is 3. The van der Waals surface area contributed by atoms with Gasteiger partial charge in [-0.05, 0) is 0 Å². The molecule has 5 nitrogen and oxygen atoms in total. The number of nitrogens with one attached hydrogen (secondary N) is 2. The van der Waals surface area contributed by atoms with Crippen LogP contribution in [0.15, 0.2) is 11.4 Å². The van der Waals surface area contributed by atoms with Crippen molar-refractivity contribution in [2.45, 2.75) is 0 Å². The third-order valence-electron chi connectivity index (χ3n) is 0.956. The van der Waals surface area contributed by atoms with Crippen LogP contribution in [0.1, 0.15) is 0 Å². The number of nitriles is 2. The molecule has 12 heavy (non-hydrogen) atoms. The molecule has 2 N–H and O–H groups in total. The Labute approximate surface area is 76.1 Å². The summed E-state index contributed by atoms with van der Waals surface area (Å²) < 4.78 is 10.6. The topological polar surface area (TPSA) is 88.7 Å². The normalized spacial score (nSPS) is 10.3. The van der Waals surface area contributed by atoms with Crippen LogP contribution in [0, 0.1) is 22.7 Å². The fraction of sp³-hybridized carbons (Fsp3) is 0.200. The maximum absolute atomic E-state index is 10.6. The predicted octanol–water partition coefficient (Wildman–Crippen LogP) is 0.374. The standard InChI is InChI=1S/C5H7N4OPS/c1-8-5(9-11(10)12)4(2-6)3-7/h8,11H,1H3,(H2,9,10,12). The fourth-order valence-electron chi connectivity index (χ4n) is 0.494. The van der Waals surface area contributed by atoms with E-state index in [1.165, 1.54) is 7.05 Å². The van der Waals surface area contributed by atoms with Crippen molar-refractivity contribution in [3.8, 4) is 12.1 Å². The van der Waals surface area contributed by atoms with Gasteiger partial charge in [-0.3, -0.25) is 4.57 Å². The van der Waals surface area contributed by atoms with Gasteiger partial charge >= 0.3 is 0 Å². The molecule has 0 aromatic carbocycles. The van der Waals surface area contributed by atoms with Crippen molar-refractivity contribution in [1.82, 2.24) is 10.4 Å². The Balaban J connectivity index is 4.76. The lowest BCUT2D eigenvalue weighted by molar-refractivity contribution is 0.591. The Morgan fingerprint density at radius 1 is 1.50 bits per heavy atom. The van der Waals surface area contributed by atoms with Gasteiger partial charge in [-0.15, -0.1) is 0 Å². The van der Waals surface area contributed by atoms with Gasteiger partial charge in [-0.1, -0.05) is 12.2 Å². The van der Waals surface area contributed by atoms with Gasteiger partial charge in [0, 0.05) is 7.05 Å². The lowest BCUT2D eigenvalue weighted by Crippen LogP contribution is -2.18. The van der Waals surface area contributed by atoms with Gasteiger partial charge in [-0.2, -0.15) is 10.5 Å². The molecule has 64 valence electrons. The third-order valence-corrected chi connectivity index (χ3v) is 1.75. The lowest BCUT2D eigenvalue weighted by Gasteiger charge is -2.05. The van der Waals surface area contributed by atoms with E-state index in [4.69, 9.17) is 10.5 Å². The maximum atomic E-state index is 10.6. The lowest BCUT2D eigenvalue weighted by atomic mass is 10.3. The summed E-state index contributed by atoms with van der Waals surface area (Å²) in [6.07, 6.45) is 0. The quantitative estimate of drug-likeness (QED) is 0.349. The Bertz CT molecular complexity index is 284. The van der Waals surface area contributed by atoms with Crippen LogP contribution in [-0.4, -0.2) is 7.05 Å². The van der Waals surface area contributed by atoms with Gasteiger partial charge in [0.15, 0.2) is 5.57 Å². The number of allylic oxidation sites excluding steroid dienone is 1. The summed E-state index contributed by atoms with van der Waals surface area (Å²) in [6.45, 7) is 0. The van der Waals surface area contributed by atoms with Crippen LogP contribution in [0.2, 0.25) is 0 Å². The Kier molecular flexibility index (Phi) is 5.03. The minimum atomic E-state index is -2.24. The molecule has 0 aromatic rings. The smallest absolute Gasteiger partial charge is 0.210 e. The summed E-state index contributed by atoms with van der Waals surface area (Å²) in [6, 6.07) is 3.29. The van der Waals surface area contributed by atoms with Crippen LogP contribution in [0.25, 0.3) is 0 Å². The predicted molar refractivity (Wildman–Crippen MR) is 48.4 cm³/mol. The van der Waals surface area contributed by atoms with Crippen LogP contribution in [0.5, 0.6) is 0 Å². The van der Waals surface area contributed by atoms with Crippen molar-refractivity contribution in [1.29, 1.82) is 10.5 Å². The zero-order chi connectivity index (χ0) is 9.56. The number of rotatable bonds is 3. The van der Waals surface area contributed by atoms with E-state index >= 15 is 0 Å². The maximum Gasteiger partial charge on any atom is 0.210 e. The van der Waals surface area contributed by atoms with E-state index in [9.17, 15) is 4.57 Å². The summed E-state index contributed by atoms with van der Waals surface area (Å²) >= 11 is 3.61. The second-order valence-corrected chi connectivity index (χ2v) is 3.73. The molecule has 0 amide bonds. The van der Waals surface area contributed by atoms with E-state index in [2.05, 4.69) is 22.7 Å². The summed E-state index contributed by atoms with van der Waals surface area (Å²) in [7, 11) is -0.728. The molecule has 0 aliphatic rings. The average molecular weight is 202 g/mol. The zero-order valence-electron chi connectivity index (χ0n) is 6.25. The van der Waals surface area contributed by atoms with Gasteiger partial charge < -0.3 is 10.4 Å². The molecule has 0 aromatic heterocycles. The van der Waals surface area contributed by atoms with Crippen molar-refractivity contribution < 1.29 is 4.57 Å². The van der Waals surface area contributed by atoms with Crippen molar-refractivity contribution in [3.63, 3.8) is 0 Å². The molecular weight excluding hydrogens is 195 g/mol. The molecule has 0 saturated carbocycles. The van der Waals surface area contributed by atoms with Crippen molar-refractivity contribution in [2.24, 2.45) is 0 Å². The van der Waals surface area contributed by atoms with Crippen LogP contribution < -0.4 is 10.4 Å². The van der Waals surface area contributed by atoms with Crippen LogP contribution >= 0.6 is 19.4 Å². The average Bonchev–Trinajstić information content (AvgIpc) is 2.04. The molecular formula is C5H7N4OPS. The van der Waals surface area contributed by atoms with E-state index in [-0.39, 0.29) is 11.4 Å². The van der Waals surface area contributed by atoms with E-state index in [0.717, 1.165) is 0 Å². The molecule has 0 radical (unpaired) electrons. The highest BCUT2D eigenvalue weighted by Gasteiger charge is 2.04. The third kappa shape index (κ3) is 3.34. The Hall–Kier alpha value is -1.10. The molecule has 0 spiro atoms. The number of nitrogens with zero attached hydrogens (tertiary/aromatic N) is 2. The molecule has 0 saturated heterocycles. The summed E-state index contributed by atoms with van der Waals surface area (Å²) in [5.41, 5.74) is -0.148. The molecule has 1 unspecified atom stereocenters. The van der Waals surface area contributed by atoms with Gasteiger partial charge in [-0.25, -0.2) is 0 Å².